The number of benzene rings is 1. The molecule has 0 aromatic heterocycles. The molecule has 0 atom stereocenters. The minimum absolute atomic E-state index is 0.162. The molecule has 0 unspecified atom stereocenters. The molecule has 19 heavy (non-hydrogen) atoms. The van der Waals surface area contributed by atoms with Crippen molar-refractivity contribution >= 4 is 5.91 Å². The van der Waals surface area contributed by atoms with E-state index in [9.17, 15) is 9.18 Å². The van der Waals surface area contributed by atoms with Crippen LogP contribution in [0.3, 0.4) is 0 Å². The van der Waals surface area contributed by atoms with E-state index in [1.165, 1.54) is 17.0 Å². The molecule has 4 nitrogen and oxygen atoms in total. The zero-order valence-electron chi connectivity index (χ0n) is 10.6. The van der Waals surface area contributed by atoms with E-state index < -0.39 is 5.82 Å². The van der Waals surface area contributed by atoms with Gasteiger partial charge < -0.3 is 10.6 Å². The molecule has 1 aromatic rings. The Morgan fingerprint density at radius 2 is 2.26 bits per heavy atom. The normalized spacial score (nSPS) is 9.16. The minimum Gasteiger partial charge on any atom is -0.341 e. The maximum absolute atomic E-state index is 13.2. The SMILES string of the molecule is CN(CCC#N)C(=O)c1cc(F)ccc1C#CCN. The third kappa shape index (κ3) is 4.09. The lowest BCUT2D eigenvalue weighted by molar-refractivity contribution is 0.0797. The molecule has 2 N–H and O–H groups in total. The summed E-state index contributed by atoms with van der Waals surface area (Å²) in [6.07, 6.45) is 0.224. The van der Waals surface area contributed by atoms with Gasteiger partial charge in [-0.25, -0.2) is 4.39 Å². The molecule has 0 fully saturated rings. The summed E-state index contributed by atoms with van der Waals surface area (Å²) in [4.78, 5) is 13.5. The molecular formula is C14H14FN3O. The van der Waals surface area contributed by atoms with Gasteiger partial charge in [0, 0.05) is 19.2 Å². The average Bonchev–Trinajstić information content (AvgIpc) is 2.42. The fraction of sp³-hybridized carbons (Fsp3) is 0.286. The predicted octanol–water partition coefficient (Wildman–Crippen LogP) is 1.12. The van der Waals surface area contributed by atoms with Crippen LogP contribution in [0, 0.1) is 29.0 Å². The van der Waals surface area contributed by atoms with Crippen molar-refractivity contribution in [2.45, 2.75) is 6.42 Å². The van der Waals surface area contributed by atoms with Gasteiger partial charge in [0.25, 0.3) is 5.91 Å². The van der Waals surface area contributed by atoms with E-state index in [4.69, 9.17) is 11.0 Å². The standard InChI is InChI=1S/C14H14FN3O/c1-18(9-3-8-17)14(19)13-10-12(15)6-5-11(13)4-2-7-16/h5-6,10H,3,7,9,16H2,1H3. The van der Waals surface area contributed by atoms with E-state index in [0.29, 0.717) is 5.56 Å². The first-order chi connectivity index (χ1) is 9.10. The summed E-state index contributed by atoms with van der Waals surface area (Å²) in [5, 5.41) is 8.50. The van der Waals surface area contributed by atoms with E-state index in [0.717, 1.165) is 6.07 Å². The number of hydrogen-bond acceptors (Lipinski definition) is 3. The fourth-order valence-electron chi connectivity index (χ4n) is 1.47. The van der Waals surface area contributed by atoms with Crippen LogP contribution in [0.1, 0.15) is 22.3 Å². The second-order valence-electron chi connectivity index (χ2n) is 3.83. The summed E-state index contributed by atoms with van der Waals surface area (Å²) in [6, 6.07) is 5.79. The van der Waals surface area contributed by atoms with E-state index in [1.54, 1.807) is 7.05 Å². The van der Waals surface area contributed by atoms with E-state index in [-0.39, 0.29) is 31.0 Å². The second-order valence-corrected chi connectivity index (χ2v) is 3.83. The Bertz CT molecular complexity index is 566. The molecule has 1 aromatic carbocycles. The molecule has 0 aliphatic heterocycles. The van der Waals surface area contributed by atoms with Crippen molar-refractivity contribution in [3.63, 3.8) is 0 Å². The predicted molar refractivity (Wildman–Crippen MR) is 69.5 cm³/mol. The first-order valence-electron chi connectivity index (χ1n) is 5.71. The summed E-state index contributed by atoms with van der Waals surface area (Å²) >= 11 is 0. The monoisotopic (exact) mass is 259 g/mol. The van der Waals surface area contributed by atoms with Crippen molar-refractivity contribution in [2.75, 3.05) is 20.1 Å². The zero-order valence-corrected chi connectivity index (χ0v) is 10.6. The van der Waals surface area contributed by atoms with Crippen LogP contribution >= 0.6 is 0 Å². The molecule has 0 aliphatic rings. The molecule has 1 amide bonds. The molecule has 0 bridgehead atoms. The van der Waals surface area contributed by atoms with E-state index in [2.05, 4.69) is 11.8 Å². The van der Waals surface area contributed by atoms with Crippen molar-refractivity contribution in [3.8, 4) is 17.9 Å². The van der Waals surface area contributed by atoms with Crippen LogP contribution in [-0.2, 0) is 0 Å². The molecule has 5 heteroatoms. The summed E-state index contributed by atoms with van der Waals surface area (Å²) in [5.41, 5.74) is 5.89. The zero-order chi connectivity index (χ0) is 14.3. The van der Waals surface area contributed by atoms with Gasteiger partial charge in [0.1, 0.15) is 5.82 Å². The Labute approximate surface area is 111 Å². The van der Waals surface area contributed by atoms with Gasteiger partial charge in [-0.15, -0.1) is 0 Å². The highest BCUT2D eigenvalue weighted by Gasteiger charge is 2.15. The number of carbonyl (C=O) groups excluding carboxylic acids is 1. The molecule has 0 radical (unpaired) electrons. The molecule has 0 heterocycles. The van der Waals surface area contributed by atoms with E-state index in [1.807, 2.05) is 6.07 Å². The number of amides is 1. The number of hydrogen-bond donors (Lipinski definition) is 1. The lowest BCUT2D eigenvalue weighted by Crippen LogP contribution is -2.28. The van der Waals surface area contributed by atoms with Gasteiger partial charge in [-0.1, -0.05) is 11.8 Å². The first-order valence-corrected chi connectivity index (χ1v) is 5.71. The molecule has 98 valence electrons. The largest absolute Gasteiger partial charge is 0.341 e. The minimum atomic E-state index is -0.504. The van der Waals surface area contributed by atoms with Crippen molar-refractivity contribution in [1.29, 1.82) is 5.26 Å². The number of carbonyl (C=O) groups is 1. The van der Waals surface area contributed by atoms with Gasteiger partial charge in [0.2, 0.25) is 0 Å². The highest BCUT2D eigenvalue weighted by Crippen LogP contribution is 2.13. The third-order valence-corrected chi connectivity index (χ3v) is 2.44. The summed E-state index contributed by atoms with van der Waals surface area (Å²) in [6.45, 7) is 0.449. The molecular weight excluding hydrogens is 245 g/mol. The Morgan fingerprint density at radius 1 is 1.53 bits per heavy atom. The number of nitrogens with two attached hydrogens (primary N) is 1. The van der Waals surface area contributed by atoms with Crippen molar-refractivity contribution in [2.24, 2.45) is 5.73 Å². The highest BCUT2D eigenvalue weighted by atomic mass is 19.1. The summed E-state index contributed by atoms with van der Waals surface area (Å²) < 4.78 is 13.2. The Hall–Kier alpha value is -2.37. The van der Waals surface area contributed by atoms with E-state index >= 15 is 0 Å². The molecule has 0 spiro atoms. The van der Waals surface area contributed by atoms with Gasteiger partial charge in [-0.3, -0.25) is 4.79 Å². The molecule has 0 aliphatic carbocycles. The fourth-order valence-corrected chi connectivity index (χ4v) is 1.47. The second kappa shape index (κ2) is 7.15. The van der Waals surface area contributed by atoms with Gasteiger partial charge in [0.15, 0.2) is 0 Å². The number of nitrogens with zero attached hydrogens (tertiary/aromatic N) is 2. The van der Waals surface area contributed by atoms with Crippen molar-refractivity contribution < 1.29 is 9.18 Å². The average molecular weight is 259 g/mol. The molecule has 1 rings (SSSR count). The van der Waals surface area contributed by atoms with Crippen LogP contribution in [0.4, 0.5) is 4.39 Å². The van der Waals surface area contributed by atoms with Gasteiger partial charge >= 0.3 is 0 Å². The smallest absolute Gasteiger partial charge is 0.255 e. The van der Waals surface area contributed by atoms with Crippen molar-refractivity contribution in [3.05, 3.63) is 35.1 Å². The van der Waals surface area contributed by atoms with Crippen LogP contribution in [0.5, 0.6) is 0 Å². The van der Waals surface area contributed by atoms with Crippen LogP contribution in [0.15, 0.2) is 18.2 Å². The van der Waals surface area contributed by atoms with Gasteiger partial charge in [0.05, 0.1) is 24.6 Å². The third-order valence-electron chi connectivity index (χ3n) is 2.44. The number of halogens is 1. The summed E-state index contributed by atoms with van der Waals surface area (Å²) in [5.74, 6) is 4.50. The maximum atomic E-state index is 13.2. The molecule has 0 saturated carbocycles. The van der Waals surface area contributed by atoms with Crippen LogP contribution in [-0.4, -0.2) is 30.9 Å². The first kappa shape index (κ1) is 14.7. The quantitative estimate of drug-likeness (QED) is 0.827. The number of nitriles is 1. The van der Waals surface area contributed by atoms with Crippen molar-refractivity contribution in [1.82, 2.24) is 4.90 Å². The van der Waals surface area contributed by atoms with Crippen LogP contribution in [0.2, 0.25) is 0 Å². The highest BCUT2D eigenvalue weighted by molar-refractivity contribution is 5.96. The maximum Gasteiger partial charge on any atom is 0.255 e. The number of rotatable bonds is 3. The van der Waals surface area contributed by atoms with Gasteiger partial charge in [-0.05, 0) is 18.2 Å². The lowest BCUT2D eigenvalue weighted by atomic mass is 10.1. The summed E-state index contributed by atoms with van der Waals surface area (Å²) in [7, 11) is 1.56. The van der Waals surface area contributed by atoms with Gasteiger partial charge in [-0.2, -0.15) is 5.26 Å². The topological polar surface area (TPSA) is 70.1 Å². The Balaban J connectivity index is 3.07. The Morgan fingerprint density at radius 3 is 2.89 bits per heavy atom. The molecule has 0 saturated heterocycles. The van der Waals surface area contributed by atoms with Crippen LogP contribution < -0.4 is 5.73 Å². The van der Waals surface area contributed by atoms with Crippen LogP contribution in [0.25, 0.3) is 0 Å². The lowest BCUT2D eigenvalue weighted by Gasteiger charge is -2.16. The Kier molecular flexibility index (Phi) is 5.53.